The molecule has 0 bridgehead atoms. The number of para-hydroxylation sites is 1. The summed E-state index contributed by atoms with van der Waals surface area (Å²) in [5, 5.41) is 22.1. The van der Waals surface area contributed by atoms with E-state index < -0.39 is 12.1 Å². The van der Waals surface area contributed by atoms with Crippen molar-refractivity contribution in [1.82, 2.24) is 19.8 Å². The lowest BCUT2D eigenvalue weighted by Gasteiger charge is -2.45. The second-order valence-corrected chi connectivity index (χ2v) is 9.26. The minimum atomic E-state index is -0.762. The second kappa shape index (κ2) is 9.44. The van der Waals surface area contributed by atoms with Crippen molar-refractivity contribution in [1.29, 1.82) is 0 Å². The number of ketones is 1. The Hall–Kier alpha value is -3.81. The van der Waals surface area contributed by atoms with Crippen LogP contribution < -0.4 is 5.32 Å². The van der Waals surface area contributed by atoms with E-state index in [0.717, 1.165) is 27.6 Å². The minimum Gasteiger partial charge on any atom is -0.784 e. The SMILES string of the molecule is CC(C)C1c2nn(Cc3ccc(-c4ccccn4)cc3)c(Nc3ccccc3)c2C(=O)C(C)N1[O-]. The molecule has 1 aliphatic rings. The number of Topliss-reactive ketones (excluding diaryl/α,β-unsaturated/α-hetero) is 1. The van der Waals surface area contributed by atoms with Gasteiger partial charge in [-0.15, -0.1) is 0 Å². The van der Waals surface area contributed by atoms with Crippen molar-refractivity contribution in [3.05, 3.63) is 101 Å². The highest BCUT2D eigenvalue weighted by molar-refractivity contribution is 6.06. The Labute approximate surface area is 205 Å². The molecule has 0 aliphatic carbocycles. The molecule has 5 rings (SSSR count). The molecule has 0 amide bonds. The van der Waals surface area contributed by atoms with Gasteiger partial charge in [0.25, 0.3) is 0 Å². The number of carbonyl (C=O) groups is 1. The first-order valence-electron chi connectivity index (χ1n) is 11.9. The monoisotopic (exact) mass is 466 g/mol. The zero-order chi connectivity index (χ0) is 24.5. The number of aromatic nitrogens is 3. The average Bonchev–Trinajstić information content (AvgIpc) is 3.21. The van der Waals surface area contributed by atoms with Crippen molar-refractivity contribution >= 4 is 17.3 Å². The van der Waals surface area contributed by atoms with E-state index in [1.807, 2.05) is 91.3 Å². The van der Waals surface area contributed by atoms with Crippen LogP contribution in [-0.2, 0) is 6.54 Å². The van der Waals surface area contributed by atoms with Gasteiger partial charge in [0.1, 0.15) is 5.82 Å². The molecule has 2 atom stereocenters. The van der Waals surface area contributed by atoms with Gasteiger partial charge in [-0.1, -0.05) is 62.4 Å². The Bertz CT molecular complexity index is 1320. The Morgan fingerprint density at radius 2 is 1.71 bits per heavy atom. The standard InChI is InChI=1S/C28H28N5O2/c1-18(2)26-25-24(27(34)19(3)33(26)35)28(30-22-9-5-4-6-10-22)32(31-25)17-20-12-14-21(15-13-20)23-11-7-8-16-29-23/h4-16,18-19,26,30H,17H2,1-3H3/q-1. The van der Waals surface area contributed by atoms with Crippen molar-refractivity contribution in [2.24, 2.45) is 5.92 Å². The van der Waals surface area contributed by atoms with Crippen LogP contribution in [0.3, 0.4) is 0 Å². The van der Waals surface area contributed by atoms with Crippen LogP contribution in [0.4, 0.5) is 11.5 Å². The molecule has 3 heterocycles. The Balaban J connectivity index is 1.56. The third-order valence-corrected chi connectivity index (χ3v) is 6.46. The van der Waals surface area contributed by atoms with Gasteiger partial charge in [-0.05, 0) is 42.7 Å². The van der Waals surface area contributed by atoms with Gasteiger partial charge in [-0.25, -0.2) is 4.68 Å². The number of rotatable bonds is 6. The Morgan fingerprint density at radius 1 is 1.00 bits per heavy atom. The van der Waals surface area contributed by atoms with Gasteiger partial charge in [0, 0.05) is 23.5 Å². The maximum atomic E-state index is 13.3. The number of hydroxylamine groups is 2. The summed E-state index contributed by atoms with van der Waals surface area (Å²) in [5.74, 6) is 0.421. The minimum absolute atomic E-state index is 0.00683. The summed E-state index contributed by atoms with van der Waals surface area (Å²) >= 11 is 0. The van der Waals surface area contributed by atoms with Crippen LogP contribution in [-0.4, -0.2) is 31.7 Å². The molecular formula is C28H28N5O2-. The smallest absolute Gasteiger partial charge is 0.184 e. The van der Waals surface area contributed by atoms with Crippen molar-refractivity contribution < 1.29 is 4.79 Å². The van der Waals surface area contributed by atoms with E-state index in [4.69, 9.17) is 5.10 Å². The number of hydrogen-bond acceptors (Lipinski definition) is 6. The summed E-state index contributed by atoms with van der Waals surface area (Å²) in [6.45, 7) is 6.10. The van der Waals surface area contributed by atoms with E-state index in [9.17, 15) is 10.0 Å². The molecule has 4 aromatic rings. The summed E-state index contributed by atoms with van der Waals surface area (Å²) in [6.07, 6.45) is 1.78. The van der Waals surface area contributed by atoms with Crippen molar-refractivity contribution in [3.63, 3.8) is 0 Å². The van der Waals surface area contributed by atoms with Crippen molar-refractivity contribution in [3.8, 4) is 11.3 Å². The molecule has 7 nitrogen and oxygen atoms in total. The van der Waals surface area contributed by atoms with Gasteiger partial charge < -0.3 is 15.6 Å². The molecule has 0 fully saturated rings. The van der Waals surface area contributed by atoms with E-state index in [2.05, 4.69) is 10.3 Å². The molecule has 2 unspecified atom stereocenters. The number of anilines is 2. The normalized spacial score (nSPS) is 18.0. The molecule has 1 N–H and O–H groups in total. The number of fused-ring (bicyclic) bond motifs is 1. The molecule has 0 radical (unpaired) electrons. The summed E-state index contributed by atoms with van der Waals surface area (Å²) in [5.41, 5.74) is 4.88. The summed E-state index contributed by atoms with van der Waals surface area (Å²) in [4.78, 5) is 17.7. The second-order valence-electron chi connectivity index (χ2n) is 9.26. The molecule has 0 spiro atoms. The third kappa shape index (κ3) is 4.36. The van der Waals surface area contributed by atoms with Crippen LogP contribution in [0.25, 0.3) is 11.3 Å². The van der Waals surface area contributed by atoms with Gasteiger partial charge in [0.05, 0.1) is 29.5 Å². The number of hydrogen-bond donors (Lipinski definition) is 1. The summed E-state index contributed by atoms with van der Waals surface area (Å²) in [6, 6.07) is 22.5. The van der Waals surface area contributed by atoms with Gasteiger partial charge in [-0.2, -0.15) is 5.10 Å². The molecule has 2 aromatic carbocycles. The first kappa shape index (κ1) is 23.0. The Morgan fingerprint density at radius 3 is 2.37 bits per heavy atom. The lowest BCUT2D eigenvalue weighted by atomic mass is 9.88. The molecule has 35 heavy (non-hydrogen) atoms. The van der Waals surface area contributed by atoms with E-state index >= 15 is 0 Å². The van der Waals surface area contributed by atoms with Gasteiger partial charge in [-0.3, -0.25) is 9.78 Å². The van der Waals surface area contributed by atoms with Gasteiger partial charge in [0.15, 0.2) is 5.78 Å². The first-order chi connectivity index (χ1) is 16.9. The van der Waals surface area contributed by atoms with Gasteiger partial charge in [0.2, 0.25) is 0 Å². The molecule has 0 saturated heterocycles. The van der Waals surface area contributed by atoms with Gasteiger partial charge >= 0.3 is 0 Å². The van der Waals surface area contributed by atoms with E-state index in [1.54, 1.807) is 13.1 Å². The largest absolute Gasteiger partial charge is 0.784 e. The predicted molar refractivity (Wildman–Crippen MR) is 137 cm³/mol. The average molecular weight is 467 g/mol. The van der Waals surface area contributed by atoms with Crippen LogP contribution in [0.5, 0.6) is 0 Å². The fourth-order valence-electron chi connectivity index (χ4n) is 4.61. The summed E-state index contributed by atoms with van der Waals surface area (Å²) in [7, 11) is 0. The maximum Gasteiger partial charge on any atom is 0.184 e. The lowest BCUT2D eigenvalue weighted by molar-refractivity contribution is 0.0762. The highest BCUT2D eigenvalue weighted by Crippen LogP contribution is 2.40. The zero-order valence-corrected chi connectivity index (χ0v) is 20.1. The maximum absolute atomic E-state index is 13.3. The van der Waals surface area contributed by atoms with Crippen molar-refractivity contribution in [2.75, 3.05) is 5.32 Å². The van der Waals surface area contributed by atoms with Crippen molar-refractivity contribution in [2.45, 2.75) is 39.4 Å². The lowest BCUT2D eigenvalue weighted by Crippen LogP contribution is -2.44. The molecule has 2 aromatic heterocycles. The van der Waals surface area contributed by atoms with Crippen LogP contribution in [0.1, 0.15) is 48.4 Å². The number of benzene rings is 2. The molecule has 0 saturated carbocycles. The highest BCUT2D eigenvalue weighted by atomic mass is 16.5. The molecule has 7 heteroatoms. The predicted octanol–water partition coefficient (Wildman–Crippen LogP) is 5.82. The van der Waals surface area contributed by atoms with Crippen LogP contribution in [0.15, 0.2) is 79.0 Å². The fraction of sp³-hybridized carbons (Fsp3) is 0.250. The Kier molecular flexibility index (Phi) is 6.19. The first-order valence-corrected chi connectivity index (χ1v) is 11.9. The number of nitrogens with zero attached hydrogens (tertiary/aromatic N) is 4. The molecule has 178 valence electrons. The van der Waals surface area contributed by atoms with Crippen LogP contribution >= 0.6 is 0 Å². The van der Waals surface area contributed by atoms with E-state index in [1.165, 1.54) is 0 Å². The number of carbonyl (C=O) groups excluding carboxylic acids is 1. The highest BCUT2D eigenvalue weighted by Gasteiger charge is 2.39. The number of pyridine rings is 1. The molecular weight excluding hydrogens is 438 g/mol. The van der Waals surface area contributed by atoms with E-state index in [0.29, 0.717) is 23.6 Å². The van der Waals surface area contributed by atoms with E-state index in [-0.39, 0.29) is 11.7 Å². The topological polar surface area (TPSA) is 86.1 Å². The third-order valence-electron chi connectivity index (χ3n) is 6.46. The molecule has 1 aliphatic heterocycles. The summed E-state index contributed by atoms with van der Waals surface area (Å²) < 4.78 is 1.81. The van der Waals surface area contributed by atoms with Crippen LogP contribution in [0.2, 0.25) is 0 Å². The van der Waals surface area contributed by atoms with Crippen LogP contribution in [0, 0.1) is 11.1 Å². The quantitative estimate of drug-likeness (QED) is 0.385. The number of nitrogens with one attached hydrogen (secondary N) is 1. The fourth-order valence-corrected chi connectivity index (χ4v) is 4.61. The zero-order valence-electron chi connectivity index (χ0n) is 20.1.